The number of nitrogens with two attached hydrogens (primary N) is 2. The number of ether oxygens (including phenoxy) is 4. The summed E-state index contributed by atoms with van der Waals surface area (Å²) >= 11 is 12.0. The van der Waals surface area contributed by atoms with Gasteiger partial charge in [-0.1, -0.05) is 59.6 Å². The van der Waals surface area contributed by atoms with Crippen molar-refractivity contribution in [1.82, 2.24) is 20.4 Å². The summed E-state index contributed by atoms with van der Waals surface area (Å²) in [7, 11) is 2.85. The number of alkyl halides is 6. The number of aliphatic carboxylic acids is 6. The van der Waals surface area contributed by atoms with Gasteiger partial charge in [0.15, 0.2) is 0 Å². The molecule has 2 atom stereocenters. The van der Waals surface area contributed by atoms with Crippen LogP contribution in [-0.2, 0) is 63.7 Å². The maximum absolute atomic E-state index is 12.9. The SMILES string of the molecule is COc1cc(N)c(Cl)cc1C(=O)NCC1CN(Cc2cccc(C(F)(F)F)c2)CCO1.COc1cc(N)c(Cl)cc1C(=O)NCC1CN(Cc2cccc(C(F)(F)F)c2)CCO1.O=C(O)/C=C/C(=O)O.O=C(O)/C=C/C(=O)O.O=C(O)/C=C/C(=O)O. The zero-order chi connectivity index (χ0) is 64.9. The van der Waals surface area contributed by atoms with Crippen molar-refractivity contribution in [3.8, 4) is 11.5 Å². The van der Waals surface area contributed by atoms with Crippen molar-refractivity contribution >= 4 is 82.2 Å². The third-order valence-corrected chi connectivity index (χ3v) is 11.6. The molecule has 0 spiro atoms. The molecule has 2 heterocycles. The lowest BCUT2D eigenvalue weighted by atomic mass is 10.1. The average molecular weight is 1260 g/mol. The number of nitrogens with zero attached hydrogens (tertiary/aromatic N) is 2. The van der Waals surface area contributed by atoms with Gasteiger partial charge in [-0.2, -0.15) is 26.3 Å². The van der Waals surface area contributed by atoms with Crippen LogP contribution in [0.25, 0.3) is 0 Å². The molecule has 6 rings (SSSR count). The van der Waals surface area contributed by atoms with Gasteiger partial charge in [0.05, 0.1) is 83.3 Å². The molecule has 2 aliphatic heterocycles. The number of halogens is 8. The van der Waals surface area contributed by atoms with Crippen LogP contribution in [0, 0.1) is 0 Å². The summed E-state index contributed by atoms with van der Waals surface area (Å²) in [6, 6.07) is 16.4. The number of benzene rings is 4. The molecular weight excluding hydrogens is 1210 g/mol. The fourth-order valence-corrected chi connectivity index (χ4v) is 7.49. The maximum atomic E-state index is 12.9. The number of rotatable bonds is 18. The summed E-state index contributed by atoms with van der Waals surface area (Å²) in [4.78, 5) is 86.5. The van der Waals surface area contributed by atoms with Gasteiger partial charge in [0.2, 0.25) is 0 Å². The van der Waals surface area contributed by atoms with Gasteiger partial charge >= 0.3 is 48.2 Å². The summed E-state index contributed by atoms with van der Waals surface area (Å²) in [6.45, 7) is 4.11. The number of hydrogen-bond donors (Lipinski definition) is 10. The quantitative estimate of drug-likeness (QED) is 0.0297. The van der Waals surface area contributed by atoms with Crippen molar-refractivity contribution < 1.29 is 114 Å². The van der Waals surface area contributed by atoms with Gasteiger partial charge in [-0.3, -0.25) is 19.4 Å². The summed E-state index contributed by atoms with van der Waals surface area (Å²) in [5, 5.41) is 52.9. The molecule has 4 aromatic rings. The van der Waals surface area contributed by atoms with E-state index < -0.39 is 71.1 Å². The van der Waals surface area contributed by atoms with E-state index in [2.05, 4.69) is 10.6 Å². The van der Waals surface area contributed by atoms with Gasteiger partial charge in [0, 0.05) is 101 Å². The van der Waals surface area contributed by atoms with E-state index in [1.54, 1.807) is 12.1 Å². The topological polar surface area (TPSA) is 377 Å². The Morgan fingerprint density at radius 2 is 0.849 bits per heavy atom. The fourth-order valence-electron chi connectivity index (χ4n) is 7.17. The van der Waals surface area contributed by atoms with Crippen molar-refractivity contribution in [2.75, 3.05) is 78.2 Å². The first-order valence-corrected chi connectivity index (χ1v) is 25.2. The van der Waals surface area contributed by atoms with Gasteiger partial charge < -0.3 is 71.7 Å². The standard InChI is InChI=1S/2C21H23ClF3N3O3.3C4H4O4/c2*1-30-19-9-18(26)17(22)8-16(19)20(29)27-10-15-12-28(5-6-31-15)11-13-3-2-4-14(7-13)21(23,24)25;3*5-3(6)1-2-4(7)8/h2*2-4,7-9,15H,5-6,10-12,26H2,1H3,(H,27,29);3*1-2H,(H,5,6)(H,7,8)/b;;3*2-1+. The molecule has 2 saturated heterocycles. The second-order valence-corrected chi connectivity index (χ2v) is 18.3. The van der Waals surface area contributed by atoms with E-state index in [1.165, 1.54) is 50.6 Å². The Balaban J connectivity index is 0.000000426. The summed E-state index contributed by atoms with van der Waals surface area (Å²) in [5.74, 6) is -7.72. The van der Waals surface area contributed by atoms with Crippen molar-refractivity contribution in [1.29, 1.82) is 0 Å². The third-order valence-electron chi connectivity index (χ3n) is 11.0. The molecule has 0 saturated carbocycles. The summed E-state index contributed by atoms with van der Waals surface area (Å²) < 4.78 is 99.3. The highest BCUT2D eigenvalue weighted by atomic mass is 35.5. The van der Waals surface area contributed by atoms with Gasteiger partial charge in [-0.25, -0.2) is 28.8 Å². The molecule has 2 unspecified atom stereocenters. The van der Waals surface area contributed by atoms with E-state index in [0.29, 0.717) is 123 Å². The number of hydrogen-bond acceptors (Lipinski definition) is 16. The van der Waals surface area contributed by atoms with E-state index in [0.717, 1.165) is 24.3 Å². The molecule has 0 aromatic heterocycles. The minimum atomic E-state index is -4.38. The van der Waals surface area contributed by atoms with Crippen molar-refractivity contribution in [3.05, 3.63) is 153 Å². The van der Waals surface area contributed by atoms with E-state index in [9.17, 15) is 64.7 Å². The van der Waals surface area contributed by atoms with Gasteiger partial charge in [0.1, 0.15) is 11.5 Å². The third kappa shape index (κ3) is 28.6. The Labute approximate surface area is 495 Å². The van der Waals surface area contributed by atoms with Crippen LogP contribution < -0.4 is 31.6 Å². The first-order chi connectivity index (χ1) is 40.2. The van der Waals surface area contributed by atoms with Crippen LogP contribution in [0.5, 0.6) is 11.5 Å². The molecule has 0 bridgehead atoms. The molecule has 2 fully saturated rings. The lowest BCUT2D eigenvalue weighted by Gasteiger charge is -2.33. The average Bonchev–Trinajstić information content (AvgIpc) is 2.65. The van der Waals surface area contributed by atoms with Crippen molar-refractivity contribution in [3.63, 3.8) is 0 Å². The second kappa shape index (κ2) is 36.0. The highest BCUT2D eigenvalue weighted by molar-refractivity contribution is 6.34. The number of carboxylic acid groups (broad SMARTS) is 6. The number of amides is 2. The smallest absolute Gasteiger partial charge is 0.416 e. The molecule has 32 heteroatoms. The number of carbonyl (C=O) groups excluding carboxylic acids is 2. The van der Waals surface area contributed by atoms with Crippen molar-refractivity contribution in [2.45, 2.75) is 37.7 Å². The molecule has 2 aliphatic rings. The van der Waals surface area contributed by atoms with Gasteiger partial charge in [0.25, 0.3) is 11.8 Å². The molecule has 2 amide bonds. The fraction of sp³-hybridized carbons (Fsp3) is 0.296. The number of nitrogens with one attached hydrogen (secondary N) is 2. The molecule has 86 heavy (non-hydrogen) atoms. The number of carbonyl (C=O) groups is 8. The Kier molecular flexibility index (Phi) is 30.6. The van der Waals surface area contributed by atoms with Crippen LogP contribution in [0.2, 0.25) is 10.0 Å². The Morgan fingerprint density at radius 3 is 1.12 bits per heavy atom. The normalized spacial score (nSPS) is 15.2. The highest BCUT2D eigenvalue weighted by Gasteiger charge is 2.32. The summed E-state index contributed by atoms with van der Waals surface area (Å²) in [5.41, 5.74) is 12.4. The maximum Gasteiger partial charge on any atom is 0.416 e. The van der Waals surface area contributed by atoms with Crippen LogP contribution in [0.1, 0.15) is 43.0 Å². The van der Waals surface area contributed by atoms with Crippen LogP contribution in [0.3, 0.4) is 0 Å². The molecule has 4 aromatic carbocycles. The number of anilines is 2. The minimum absolute atomic E-state index is 0.225. The lowest BCUT2D eigenvalue weighted by molar-refractivity contribution is -0.138. The van der Waals surface area contributed by atoms with E-state index in [4.69, 9.17) is 84.3 Å². The number of carboxylic acids is 6. The minimum Gasteiger partial charge on any atom is -0.496 e. The van der Waals surface area contributed by atoms with Crippen LogP contribution in [0.4, 0.5) is 37.7 Å². The molecule has 0 radical (unpaired) electrons. The molecular formula is C54H58Cl2F6N6O18. The number of nitrogen functional groups attached to an aromatic ring is 2. The number of methoxy groups -OCH3 is 2. The zero-order valence-electron chi connectivity index (χ0n) is 45.3. The highest BCUT2D eigenvalue weighted by Crippen LogP contribution is 2.33. The van der Waals surface area contributed by atoms with Crippen LogP contribution in [0.15, 0.2) is 109 Å². The van der Waals surface area contributed by atoms with Crippen LogP contribution in [-0.4, -0.2) is 167 Å². The predicted octanol–water partition coefficient (Wildman–Crippen LogP) is 6.30. The molecule has 0 aliphatic carbocycles. The zero-order valence-corrected chi connectivity index (χ0v) is 46.8. The first-order valence-electron chi connectivity index (χ1n) is 24.5. The summed E-state index contributed by atoms with van der Waals surface area (Å²) in [6.07, 6.45) is -6.02. The molecule has 24 nitrogen and oxygen atoms in total. The monoisotopic (exact) mass is 1260 g/mol. The van der Waals surface area contributed by atoms with Gasteiger partial charge in [-0.05, 0) is 35.4 Å². The van der Waals surface area contributed by atoms with E-state index >= 15 is 0 Å². The van der Waals surface area contributed by atoms with E-state index in [1.807, 2.05) is 9.80 Å². The Hall–Kier alpha value is -8.94. The molecule has 468 valence electrons. The largest absolute Gasteiger partial charge is 0.496 e. The Bertz CT molecular complexity index is 2810. The molecule has 12 N–H and O–H groups in total. The lowest BCUT2D eigenvalue weighted by Crippen LogP contribution is -2.47. The Morgan fingerprint density at radius 1 is 0.547 bits per heavy atom. The van der Waals surface area contributed by atoms with Crippen LogP contribution >= 0.6 is 23.2 Å². The van der Waals surface area contributed by atoms with Gasteiger partial charge in [-0.15, -0.1) is 0 Å². The van der Waals surface area contributed by atoms with Crippen molar-refractivity contribution in [2.24, 2.45) is 0 Å². The first kappa shape index (κ1) is 73.2. The predicted molar refractivity (Wildman–Crippen MR) is 296 cm³/mol. The number of morpholine rings is 2. The second-order valence-electron chi connectivity index (χ2n) is 17.4. The van der Waals surface area contributed by atoms with E-state index in [-0.39, 0.29) is 46.5 Å².